The number of fused-ring (bicyclic) bond motifs is 3. The Bertz CT molecular complexity index is 749. The Hall–Kier alpha value is -1.87. The molecule has 0 radical (unpaired) electrons. The molecule has 0 saturated heterocycles. The Labute approximate surface area is 95.2 Å². The molecule has 0 saturated carbocycles. The summed E-state index contributed by atoms with van der Waals surface area (Å²) in [7, 11) is 0. The molecule has 0 bridgehead atoms. The summed E-state index contributed by atoms with van der Waals surface area (Å²) in [6.45, 7) is 0. The van der Waals surface area contributed by atoms with E-state index in [0.717, 1.165) is 16.2 Å². The lowest BCUT2D eigenvalue weighted by molar-refractivity contribution is 0.382. The number of halogens is 1. The number of aromatic nitrogens is 1. The molecule has 16 heavy (non-hydrogen) atoms. The van der Waals surface area contributed by atoms with Crippen LogP contribution >= 0.6 is 11.6 Å². The molecule has 3 rings (SSSR count). The molecule has 78 valence electrons. The summed E-state index contributed by atoms with van der Waals surface area (Å²) in [5.74, 6) is 0. The highest BCUT2D eigenvalue weighted by Crippen LogP contribution is 2.29. The summed E-state index contributed by atoms with van der Waals surface area (Å²) in [4.78, 5) is 11.1. The third-order valence-corrected chi connectivity index (χ3v) is 2.82. The largest absolute Gasteiger partial charge is 0.359 e. The van der Waals surface area contributed by atoms with E-state index in [2.05, 4.69) is 9.68 Å². The molecule has 0 unspecified atom stereocenters. The van der Waals surface area contributed by atoms with Gasteiger partial charge in [-0.2, -0.15) is 0 Å². The highest BCUT2D eigenvalue weighted by molar-refractivity contribution is 6.37. The summed E-state index contributed by atoms with van der Waals surface area (Å²) >= 11 is 6.12. The van der Waals surface area contributed by atoms with Crippen molar-refractivity contribution in [3.8, 4) is 0 Å². The quantitative estimate of drug-likeness (QED) is 0.559. The fraction of sp³-hybridized carbons (Fsp3) is 0. The second-order valence-electron chi connectivity index (χ2n) is 3.48. The third kappa shape index (κ3) is 1.29. The molecule has 0 aliphatic carbocycles. The molecule has 1 heterocycles. The van der Waals surface area contributed by atoms with E-state index in [1.54, 1.807) is 6.07 Å². The van der Waals surface area contributed by atoms with Gasteiger partial charge in [-0.3, -0.25) is 0 Å². The van der Waals surface area contributed by atoms with Crippen LogP contribution in [0.1, 0.15) is 0 Å². The van der Waals surface area contributed by atoms with Crippen LogP contribution in [0.2, 0.25) is 5.02 Å². The van der Waals surface area contributed by atoms with Crippen LogP contribution in [0.5, 0.6) is 0 Å². The SMILES string of the molecule is O=c1cc2c(cc(Cl)c3ccccc32)no1. The van der Waals surface area contributed by atoms with Gasteiger partial charge < -0.3 is 4.52 Å². The van der Waals surface area contributed by atoms with Crippen LogP contribution < -0.4 is 5.63 Å². The standard InChI is InChI=1S/C12H6ClNO2/c13-10-6-11-9(5-12(15)16-14-11)7-3-1-2-4-8(7)10/h1-6H. The van der Waals surface area contributed by atoms with Crippen molar-refractivity contribution in [3.63, 3.8) is 0 Å². The summed E-state index contributed by atoms with van der Waals surface area (Å²) in [5.41, 5.74) is 0.128. The summed E-state index contributed by atoms with van der Waals surface area (Å²) in [6.07, 6.45) is 0. The van der Waals surface area contributed by atoms with Crippen molar-refractivity contribution in [1.82, 2.24) is 5.16 Å². The van der Waals surface area contributed by atoms with Gasteiger partial charge in [0.1, 0.15) is 5.52 Å². The highest BCUT2D eigenvalue weighted by atomic mass is 35.5. The molecule has 0 N–H and O–H groups in total. The monoisotopic (exact) mass is 231 g/mol. The van der Waals surface area contributed by atoms with E-state index in [4.69, 9.17) is 11.6 Å². The van der Waals surface area contributed by atoms with Crippen molar-refractivity contribution in [2.24, 2.45) is 0 Å². The first-order chi connectivity index (χ1) is 7.75. The number of rotatable bonds is 0. The second-order valence-corrected chi connectivity index (χ2v) is 3.89. The van der Waals surface area contributed by atoms with Gasteiger partial charge in [-0.25, -0.2) is 4.79 Å². The minimum Gasteiger partial charge on any atom is -0.313 e. The van der Waals surface area contributed by atoms with Crippen LogP contribution in [-0.4, -0.2) is 5.16 Å². The summed E-state index contributed by atoms with van der Waals surface area (Å²) in [6, 6.07) is 10.7. The van der Waals surface area contributed by atoms with Crippen LogP contribution in [0.4, 0.5) is 0 Å². The van der Waals surface area contributed by atoms with E-state index < -0.39 is 5.63 Å². The van der Waals surface area contributed by atoms with Crippen LogP contribution in [0.3, 0.4) is 0 Å². The molecule has 0 spiro atoms. The zero-order valence-corrected chi connectivity index (χ0v) is 8.86. The first-order valence-corrected chi connectivity index (χ1v) is 5.11. The second kappa shape index (κ2) is 3.32. The Morgan fingerprint density at radius 3 is 2.62 bits per heavy atom. The molecular weight excluding hydrogens is 226 g/mol. The van der Waals surface area contributed by atoms with Gasteiger partial charge in [0, 0.05) is 16.8 Å². The van der Waals surface area contributed by atoms with Crippen LogP contribution in [0.15, 0.2) is 45.7 Å². The van der Waals surface area contributed by atoms with Crippen LogP contribution in [0.25, 0.3) is 21.7 Å². The van der Waals surface area contributed by atoms with Gasteiger partial charge in [0.2, 0.25) is 0 Å². The van der Waals surface area contributed by atoms with E-state index in [9.17, 15) is 4.79 Å². The lowest BCUT2D eigenvalue weighted by Crippen LogP contribution is -1.98. The first-order valence-electron chi connectivity index (χ1n) is 4.74. The summed E-state index contributed by atoms with van der Waals surface area (Å²) in [5, 5.41) is 6.90. The zero-order valence-electron chi connectivity index (χ0n) is 8.11. The van der Waals surface area contributed by atoms with Gasteiger partial charge in [0.05, 0.1) is 5.02 Å². The molecule has 1 aromatic heterocycles. The molecule has 3 aromatic rings. The van der Waals surface area contributed by atoms with Gasteiger partial charge >= 0.3 is 5.63 Å². The fourth-order valence-corrected chi connectivity index (χ4v) is 2.07. The zero-order chi connectivity index (χ0) is 11.1. The van der Waals surface area contributed by atoms with Crippen LogP contribution in [0, 0.1) is 0 Å². The topological polar surface area (TPSA) is 43.1 Å². The lowest BCUT2D eigenvalue weighted by Gasteiger charge is -2.03. The van der Waals surface area contributed by atoms with Crippen molar-refractivity contribution in [2.75, 3.05) is 0 Å². The predicted octanol–water partition coefficient (Wildman–Crippen LogP) is 2.99. The molecule has 3 nitrogen and oxygen atoms in total. The third-order valence-electron chi connectivity index (χ3n) is 2.51. The number of benzene rings is 2. The number of hydrogen-bond donors (Lipinski definition) is 0. The molecule has 2 aromatic carbocycles. The van der Waals surface area contributed by atoms with E-state index >= 15 is 0 Å². The summed E-state index contributed by atoms with van der Waals surface area (Å²) < 4.78 is 4.58. The van der Waals surface area contributed by atoms with Crippen molar-refractivity contribution >= 4 is 33.3 Å². The van der Waals surface area contributed by atoms with Crippen molar-refractivity contribution in [1.29, 1.82) is 0 Å². The molecular formula is C12H6ClNO2. The molecule has 0 fully saturated rings. The average molecular weight is 232 g/mol. The van der Waals surface area contributed by atoms with Crippen LogP contribution in [-0.2, 0) is 0 Å². The number of hydrogen-bond acceptors (Lipinski definition) is 3. The fourth-order valence-electron chi connectivity index (χ4n) is 1.81. The lowest BCUT2D eigenvalue weighted by atomic mass is 10.1. The maximum absolute atomic E-state index is 11.1. The molecule has 0 amide bonds. The Morgan fingerprint density at radius 2 is 1.81 bits per heavy atom. The smallest absolute Gasteiger partial charge is 0.313 e. The average Bonchev–Trinajstić information content (AvgIpc) is 2.31. The molecule has 0 aliphatic rings. The maximum atomic E-state index is 11.1. The minimum atomic E-state index is -0.458. The first kappa shape index (κ1) is 9.36. The molecule has 0 atom stereocenters. The van der Waals surface area contributed by atoms with Crippen molar-refractivity contribution < 1.29 is 4.52 Å². The molecule has 0 aliphatic heterocycles. The minimum absolute atomic E-state index is 0.458. The molecule has 4 heteroatoms. The maximum Gasteiger partial charge on any atom is 0.359 e. The van der Waals surface area contributed by atoms with Gasteiger partial charge in [-0.15, -0.1) is 0 Å². The van der Waals surface area contributed by atoms with Gasteiger partial charge in [0.15, 0.2) is 0 Å². The van der Waals surface area contributed by atoms with Gasteiger partial charge in [-0.1, -0.05) is 41.0 Å². The Balaban J connectivity index is 2.66. The van der Waals surface area contributed by atoms with Crippen molar-refractivity contribution in [3.05, 3.63) is 51.8 Å². The predicted molar refractivity (Wildman–Crippen MR) is 62.8 cm³/mol. The van der Waals surface area contributed by atoms with E-state index in [1.165, 1.54) is 6.07 Å². The number of nitrogens with zero attached hydrogens (tertiary/aromatic N) is 1. The van der Waals surface area contributed by atoms with Gasteiger partial charge in [0.25, 0.3) is 0 Å². The van der Waals surface area contributed by atoms with Gasteiger partial charge in [-0.05, 0) is 11.5 Å². The van der Waals surface area contributed by atoms with E-state index in [-0.39, 0.29) is 0 Å². The highest BCUT2D eigenvalue weighted by Gasteiger charge is 2.06. The Kier molecular flexibility index (Phi) is 1.94. The van der Waals surface area contributed by atoms with Crippen molar-refractivity contribution in [2.45, 2.75) is 0 Å². The van der Waals surface area contributed by atoms with E-state index in [1.807, 2.05) is 24.3 Å². The normalized spacial score (nSPS) is 11.1. The van der Waals surface area contributed by atoms with E-state index in [0.29, 0.717) is 10.5 Å². The Morgan fingerprint density at radius 1 is 1.06 bits per heavy atom.